The summed E-state index contributed by atoms with van der Waals surface area (Å²) in [5.74, 6) is -0.740. The number of carbonyl (C=O) groups is 1. The zero-order chi connectivity index (χ0) is 23.6. The summed E-state index contributed by atoms with van der Waals surface area (Å²) in [6.07, 6.45) is -4.23. The fourth-order valence-electron chi connectivity index (χ4n) is 4.77. The number of fused-ring (bicyclic) bond motifs is 3. The van der Waals surface area contributed by atoms with Gasteiger partial charge in [-0.25, -0.2) is 0 Å². The van der Waals surface area contributed by atoms with Crippen LogP contribution in [0.4, 0.5) is 24.5 Å². The van der Waals surface area contributed by atoms with E-state index in [0.29, 0.717) is 43.9 Å². The van der Waals surface area contributed by atoms with Crippen LogP contribution in [0, 0.1) is 17.2 Å². The Morgan fingerprint density at radius 1 is 1.21 bits per heavy atom. The first kappa shape index (κ1) is 22.9. The van der Waals surface area contributed by atoms with Gasteiger partial charge in [0, 0.05) is 39.0 Å². The van der Waals surface area contributed by atoms with Crippen molar-refractivity contribution in [3.8, 4) is 6.07 Å². The molecule has 1 saturated heterocycles. The number of para-hydroxylation sites is 1. The quantitative estimate of drug-likeness (QED) is 0.697. The fourth-order valence-corrected chi connectivity index (χ4v) is 4.77. The van der Waals surface area contributed by atoms with Gasteiger partial charge in [-0.1, -0.05) is 12.1 Å². The average Bonchev–Trinajstić information content (AvgIpc) is 2.82. The predicted octanol–water partition coefficient (Wildman–Crippen LogP) is 3.21. The number of anilines is 2. The number of rotatable bonds is 5. The molecule has 0 aliphatic carbocycles. The Labute approximate surface area is 190 Å². The Bertz CT molecular complexity index is 1070. The number of alkyl halides is 3. The van der Waals surface area contributed by atoms with Gasteiger partial charge in [-0.15, -0.1) is 0 Å². The van der Waals surface area contributed by atoms with Gasteiger partial charge in [-0.2, -0.15) is 18.4 Å². The molecule has 4 rings (SSSR count). The van der Waals surface area contributed by atoms with Crippen LogP contribution in [0.2, 0.25) is 0 Å². The van der Waals surface area contributed by atoms with E-state index in [1.54, 1.807) is 12.1 Å². The van der Waals surface area contributed by atoms with Gasteiger partial charge in [0.25, 0.3) is 0 Å². The molecule has 0 bridgehead atoms. The molecule has 0 saturated carbocycles. The van der Waals surface area contributed by atoms with Crippen molar-refractivity contribution in [1.82, 2.24) is 5.32 Å². The molecule has 33 heavy (non-hydrogen) atoms. The molecule has 0 spiro atoms. The summed E-state index contributed by atoms with van der Waals surface area (Å²) in [6, 6.07) is 13.1. The molecule has 0 radical (unpaired) electrons. The first-order chi connectivity index (χ1) is 15.8. The number of nitrogens with one attached hydrogen (secondary N) is 1. The van der Waals surface area contributed by atoms with Crippen LogP contribution in [0.5, 0.6) is 0 Å². The second-order valence-corrected chi connectivity index (χ2v) is 8.27. The van der Waals surface area contributed by atoms with Crippen LogP contribution in [0.25, 0.3) is 0 Å². The van der Waals surface area contributed by atoms with Gasteiger partial charge in [-0.3, -0.25) is 4.79 Å². The molecule has 2 aromatic rings. The topological polar surface area (TPSA) is 68.6 Å². The Morgan fingerprint density at radius 3 is 2.73 bits per heavy atom. The van der Waals surface area contributed by atoms with Crippen LogP contribution < -0.4 is 15.1 Å². The van der Waals surface area contributed by atoms with Crippen LogP contribution in [-0.2, 0) is 22.1 Å². The van der Waals surface area contributed by atoms with Crippen LogP contribution >= 0.6 is 0 Å². The molecule has 2 atom stereocenters. The zero-order valence-electron chi connectivity index (χ0n) is 18.2. The van der Waals surface area contributed by atoms with E-state index in [-0.39, 0.29) is 18.4 Å². The molecular weight excluding hydrogens is 433 g/mol. The molecule has 0 aromatic heterocycles. The van der Waals surface area contributed by atoms with Crippen molar-refractivity contribution >= 4 is 17.3 Å². The van der Waals surface area contributed by atoms with Crippen molar-refractivity contribution in [2.24, 2.45) is 5.92 Å². The molecule has 1 amide bonds. The van der Waals surface area contributed by atoms with Crippen LogP contribution in [0.1, 0.15) is 16.7 Å². The van der Waals surface area contributed by atoms with Gasteiger partial charge in [0.2, 0.25) is 5.91 Å². The monoisotopic (exact) mass is 458 g/mol. The predicted molar refractivity (Wildman–Crippen MR) is 118 cm³/mol. The summed E-state index contributed by atoms with van der Waals surface area (Å²) in [6.45, 7) is 2.29. The number of carbonyl (C=O) groups excluding carboxylic acids is 1. The lowest BCUT2D eigenvalue weighted by Gasteiger charge is -2.49. The Morgan fingerprint density at radius 2 is 2.00 bits per heavy atom. The molecular formula is C24H25F3N4O2. The van der Waals surface area contributed by atoms with E-state index in [0.717, 1.165) is 17.4 Å². The molecule has 2 heterocycles. The molecule has 2 aromatic carbocycles. The normalized spacial score (nSPS) is 20.0. The summed E-state index contributed by atoms with van der Waals surface area (Å²) in [5, 5.41) is 12.4. The van der Waals surface area contributed by atoms with Gasteiger partial charge >= 0.3 is 6.18 Å². The van der Waals surface area contributed by atoms with Crippen molar-refractivity contribution in [3.63, 3.8) is 0 Å². The molecule has 1 fully saturated rings. The Balaban J connectivity index is 1.67. The molecule has 6 nitrogen and oxygen atoms in total. The van der Waals surface area contributed by atoms with E-state index in [2.05, 4.69) is 16.3 Å². The number of ether oxygens (including phenoxy) is 1. The molecule has 2 aliphatic heterocycles. The lowest BCUT2D eigenvalue weighted by Crippen LogP contribution is -2.61. The van der Waals surface area contributed by atoms with Crippen LogP contribution in [-0.4, -0.2) is 51.8 Å². The van der Waals surface area contributed by atoms with Crippen LogP contribution in [0.3, 0.4) is 0 Å². The van der Waals surface area contributed by atoms with Gasteiger partial charge in [0.15, 0.2) is 0 Å². The zero-order valence-corrected chi connectivity index (χ0v) is 18.2. The number of amides is 1. The highest BCUT2D eigenvalue weighted by Gasteiger charge is 2.43. The van der Waals surface area contributed by atoms with Crippen molar-refractivity contribution in [1.29, 1.82) is 5.26 Å². The van der Waals surface area contributed by atoms with Gasteiger partial charge in [0.05, 0.1) is 35.4 Å². The van der Waals surface area contributed by atoms with E-state index in [1.807, 2.05) is 17.0 Å². The first-order valence-electron chi connectivity index (χ1n) is 10.8. The number of nitrogens with zero attached hydrogens (tertiary/aromatic N) is 3. The minimum atomic E-state index is -4.44. The van der Waals surface area contributed by atoms with E-state index in [1.165, 1.54) is 19.2 Å². The molecule has 2 unspecified atom stereocenters. The minimum Gasteiger partial charge on any atom is -0.383 e. The number of methoxy groups -OCH3 is 1. The maximum Gasteiger partial charge on any atom is 0.416 e. The summed E-state index contributed by atoms with van der Waals surface area (Å²) in [4.78, 5) is 17.2. The average molecular weight is 458 g/mol. The maximum atomic E-state index is 13.3. The Kier molecular flexibility index (Phi) is 6.47. The lowest BCUT2D eigenvalue weighted by molar-refractivity contribution is -0.137. The maximum absolute atomic E-state index is 13.3. The standard InChI is InChI=1S/C24H25F3N4O2/c1-33-11-8-29-23(32)19-13-17-12-18(24(25,26)27)6-7-21(17)31-10-9-30(15-22(19)31)20-5-3-2-4-16(20)14-28/h2-7,12,19,22H,8-11,13,15H2,1H3,(H,29,32). The lowest BCUT2D eigenvalue weighted by atomic mass is 9.82. The van der Waals surface area contributed by atoms with Crippen molar-refractivity contribution in [2.45, 2.75) is 18.6 Å². The highest BCUT2D eigenvalue weighted by atomic mass is 19.4. The third-order valence-corrected chi connectivity index (χ3v) is 6.35. The number of hydrogen-bond donors (Lipinski definition) is 1. The number of halogens is 3. The van der Waals surface area contributed by atoms with Crippen molar-refractivity contribution in [2.75, 3.05) is 49.7 Å². The number of nitriles is 1. The smallest absolute Gasteiger partial charge is 0.383 e. The summed E-state index contributed by atoms with van der Waals surface area (Å²) in [5.41, 5.74) is 1.91. The van der Waals surface area contributed by atoms with Crippen molar-refractivity contribution < 1.29 is 22.7 Å². The van der Waals surface area contributed by atoms with Crippen molar-refractivity contribution in [3.05, 3.63) is 59.2 Å². The largest absolute Gasteiger partial charge is 0.416 e. The molecule has 174 valence electrons. The molecule has 9 heteroatoms. The van der Waals surface area contributed by atoms with Gasteiger partial charge < -0.3 is 19.9 Å². The summed E-state index contributed by atoms with van der Waals surface area (Å²) in [7, 11) is 1.54. The third kappa shape index (κ3) is 4.62. The number of piperazine rings is 1. The fraction of sp³-hybridized carbons (Fsp3) is 0.417. The second-order valence-electron chi connectivity index (χ2n) is 8.27. The minimum absolute atomic E-state index is 0.208. The molecule has 2 aliphatic rings. The van der Waals surface area contributed by atoms with E-state index in [4.69, 9.17) is 4.74 Å². The van der Waals surface area contributed by atoms with Gasteiger partial charge in [0.1, 0.15) is 6.07 Å². The highest BCUT2D eigenvalue weighted by Crippen LogP contribution is 2.40. The Hall–Kier alpha value is -3.25. The van der Waals surface area contributed by atoms with Crippen LogP contribution in [0.15, 0.2) is 42.5 Å². The van der Waals surface area contributed by atoms with Gasteiger partial charge in [-0.05, 0) is 42.3 Å². The van der Waals surface area contributed by atoms with E-state index < -0.39 is 17.7 Å². The number of hydrogen-bond acceptors (Lipinski definition) is 5. The third-order valence-electron chi connectivity index (χ3n) is 6.35. The SMILES string of the molecule is COCCNC(=O)C1Cc2cc(C(F)(F)F)ccc2N2CCN(c3ccccc3C#N)CC12. The highest BCUT2D eigenvalue weighted by molar-refractivity contribution is 5.82. The molecule has 1 N–H and O–H groups in total. The first-order valence-corrected chi connectivity index (χ1v) is 10.8. The van der Waals surface area contributed by atoms with E-state index >= 15 is 0 Å². The van der Waals surface area contributed by atoms with E-state index in [9.17, 15) is 23.2 Å². The summed E-state index contributed by atoms with van der Waals surface area (Å²) < 4.78 is 45.0. The number of benzene rings is 2. The summed E-state index contributed by atoms with van der Waals surface area (Å²) >= 11 is 0. The second kappa shape index (κ2) is 9.32.